The lowest BCUT2D eigenvalue weighted by Gasteiger charge is -2.29. The third kappa shape index (κ3) is 4.89. The average molecular weight is 274 g/mol. The Kier molecular flexibility index (Phi) is 6.45. The fourth-order valence-electron chi connectivity index (χ4n) is 2.43. The van der Waals surface area contributed by atoms with Crippen LogP contribution in [0.5, 0.6) is 5.75 Å². The van der Waals surface area contributed by atoms with Crippen molar-refractivity contribution in [2.45, 2.75) is 25.7 Å². The summed E-state index contributed by atoms with van der Waals surface area (Å²) < 4.78 is 5.77. The first kappa shape index (κ1) is 14.9. The Morgan fingerprint density at radius 2 is 1.85 bits per heavy atom. The predicted octanol–water partition coefficient (Wildman–Crippen LogP) is 3.22. The highest BCUT2D eigenvalue weighted by molar-refractivity contribution is 5.49. The van der Waals surface area contributed by atoms with Crippen molar-refractivity contribution in [2.24, 2.45) is 0 Å². The van der Waals surface area contributed by atoms with Crippen LogP contribution < -0.4 is 15.0 Å². The lowest BCUT2D eigenvalue weighted by atomic mass is 10.2. The standard InChI is InChI=1S/C17H26N2O/c1-2-3-4-5-6-15-20-17-9-7-16(8-10-17)19-13-11-18-12-14-19/h2,7-10,18H,1,3-6,11-15H2. The highest BCUT2D eigenvalue weighted by Crippen LogP contribution is 2.20. The van der Waals surface area contributed by atoms with E-state index >= 15 is 0 Å². The van der Waals surface area contributed by atoms with Gasteiger partial charge < -0.3 is 15.0 Å². The summed E-state index contributed by atoms with van der Waals surface area (Å²) in [7, 11) is 0. The Morgan fingerprint density at radius 1 is 1.10 bits per heavy atom. The van der Waals surface area contributed by atoms with E-state index in [0.717, 1.165) is 51.4 Å². The molecule has 0 saturated carbocycles. The first-order chi connectivity index (χ1) is 9.90. The molecule has 1 saturated heterocycles. The van der Waals surface area contributed by atoms with Crippen LogP contribution >= 0.6 is 0 Å². The summed E-state index contributed by atoms with van der Waals surface area (Å²) >= 11 is 0. The van der Waals surface area contributed by atoms with Crippen LogP contribution in [0, 0.1) is 0 Å². The molecule has 2 rings (SSSR count). The van der Waals surface area contributed by atoms with Gasteiger partial charge in [0.25, 0.3) is 0 Å². The van der Waals surface area contributed by atoms with Crippen molar-refractivity contribution < 1.29 is 4.74 Å². The van der Waals surface area contributed by atoms with Crippen LogP contribution in [-0.2, 0) is 0 Å². The van der Waals surface area contributed by atoms with Gasteiger partial charge in [0.05, 0.1) is 6.61 Å². The lowest BCUT2D eigenvalue weighted by Crippen LogP contribution is -2.43. The van der Waals surface area contributed by atoms with Gasteiger partial charge in [-0.25, -0.2) is 0 Å². The maximum atomic E-state index is 5.77. The molecule has 0 aromatic heterocycles. The van der Waals surface area contributed by atoms with Crippen LogP contribution in [0.25, 0.3) is 0 Å². The third-order valence-electron chi connectivity index (χ3n) is 3.64. The van der Waals surface area contributed by atoms with Gasteiger partial charge in [-0.2, -0.15) is 0 Å². The zero-order chi connectivity index (χ0) is 14.0. The second-order valence-corrected chi connectivity index (χ2v) is 5.22. The molecule has 1 aromatic carbocycles. The van der Waals surface area contributed by atoms with Gasteiger partial charge in [0.1, 0.15) is 5.75 Å². The highest BCUT2D eigenvalue weighted by atomic mass is 16.5. The summed E-state index contributed by atoms with van der Waals surface area (Å²) in [6, 6.07) is 8.50. The minimum atomic E-state index is 0.810. The van der Waals surface area contributed by atoms with E-state index in [9.17, 15) is 0 Å². The molecule has 1 fully saturated rings. The van der Waals surface area contributed by atoms with Gasteiger partial charge in [0.15, 0.2) is 0 Å². The number of benzene rings is 1. The smallest absolute Gasteiger partial charge is 0.119 e. The second kappa shape index (κ2) is 8.64. The van der Waals surface area contributed by atoms with E-state index in [4.69, 9.17) is 4.74 Å². The summed E-state index contributed by atoms with van der Waals surface area (Å²) in [6.45, 7) is 8.86. The fraction of sp³-hybridized carbons (Fsp3) is 0.529. The van der Waals surface area contributed by atoms with Crippen LogP contribution in [0.4, 0.5) is 5.69 Å². The monoisotopic (exact) mass is 274 g/mol. The largest absolute Gasteiger partial charge is 0.494 e. The van der Waals surface area contributed by atoms with Gasteiger partial charge in [0.2, 0.25) is 0 Å². The van der Waals surface area contributed by atoms with Crippen molar-refractivity contribution in [1.29, 1.82) is 0 Å². The Bertz CT molecular complexity index is 382. The van der Waals surface area contributed by atoms with Crippen molar-refractivity contribution in [1.82, 2.24) is 5.32 Å². The zero-order valence-electron chi connectivity index (χ0n) is 12.3. The van der Waals surface area contributed by atoms with Gasteiger partial charge >= 0.3 is 0 Å². The number of hydrogen-bond donors (Lipinski definition) is 1. The van der Waals surface area contributed by atoms with Crippen molar-refractivity contribution in [3.05, 3.63) is 36.9 Å². The minimum Gasteiger partial charge on any atom is -0.494 e. The summed E-state index contributed by atoms with van der Waals surface area (Å²) in [6.07, 6.45) is 6.64. The lowest BCUT2D eigenvalue weighted by molar-refractivity contribution is 0.305. The number of nitrogens with zero attached hydrogens (tertiary/aromatic N) is 1. The molecule has 0 spiro atoms. The molecule has 110 valence electrons. The number of hydrogen-bond acceptors (Lipinski definition) is 3. The maximum absolute atomic E-state index is 5.77. The number of unbranched alkanes of at least 4 members (excludes halogenated alkanes) is 3. The van der Waals surface area contributed by atoms with Crippen molar-refractivity contribution in [3.63, 3.8) is 0 Å². The quantitative estimate of drug-likeness (QED) is 0.582. The Balaban J connectivity index is 1.69. The van der Waals surface area contributed by atoms with Crippen molar-refractivity contribution >= 4 is 5.69 Å². The van der Waals surface area contributed by atoms with Gasteiger partial charge in [-0.05, 0) is 49.9 Å². The zero-order valence-corrected chi connectivity index (χ0v) is 12.3. The number of piperazine rings is 1. The fourth-order valence-corrected chi connectivity index (χ4v) is 2.43. The molecule has 0 aliphatic carbocycles. The number of nitrogens with one attached hydrogen (secondary N) is 1. The number of allylic oxidation sites excluding steroid dienone is 1. The SMILES string of the molecule is C=CCCCCCOc1ccc(N2CCNCC2)cc1. The Morgan fingerprint density at radius 3 is 2.55 bits per heavy atom. The molecule has 1 heterocycles. The van der Waals surface area contributed by atoms with Crippen LogP contribution in [0.1, 0.15) is 25.7 Å². The van der Waals surface area contributed by atoms with E-state index in [-0.39, 0.29) is 0 Å². The van der Waals surface area contributed by atoms with E-state index < -0.39 is 0 Å². The topological polar surface area (TPSA) is 24.5 Å². The van der Waals surface area contributed by atoms with E-state index in [1.54, 1.807) is 0 Å². The van der Waals surface area contributed by atoms with E-state index in [2.05, 4.69) is 41.1 Å². The average Bonchev–Trinajstić information content (AvgIpc) is 2.52. The molecule has 1 N–H and O–H groups in total. The normalized spacial score (nSPS) is 15.1. The van der Waals surface area contributed by atoms with Gasteiger partial charge in [0, 0.05) is 31.9 Å². The molecule has 1 aliphatic rings. The van der Waals surface area contributed by atoms with Crippen molar-refractivity contribution in [3.8, 4) is 5.75 Å². The molecule has 0 amide bonds. The molecule has 1 aromatic rings. The van der Waals surface area contributed by atoms with E-state index in [1.165, 1.54) is 18.5 Å². The molecule has 1 aliphatic heterocycles. The van der Waals surface area contributed by atoms with Crippen LogP contribution in [0.15, 0.2) is 36.9 Å². The molecule has 3 heteroatoms. The van der Waals surface area contributed by atoms with Crippen LogP contribution in [0.3, 0.4) is 0 Å². The highest BCUT2D eigenvalue weighted by Gasteiger charge is 2.09. The predicted molar refractivity (Wildman–Crippen MR) is 85.7 cm³/mol. The summed E-state index contributed by atoms with van der Waals surface area (Å²) in [5, 5.41) is 3.37. The molecule has 3 nitrogen and oxygen atoms in total. The Labute approximate surface area is 122 Å². The first-order valence-electron chi connectivity index (χ1n) is 7.69. The maximum Gasteiger partial charge on any atom is 0.119 e. The summed E-state index contributed by atoms with van der Waals surface area (Å²) in [4.78, 5) is 2.41. The molecule has 0 bridgehead atoms. The van der Waals surface area contributed by atoms with Gasteiger partial charge in [-0.1, -0.05) is 6.08 Å². The van der Waals surface area contributed by atoms with E-state index in [1.807, 2.05) is 6.08 Å². The van der Waals surface area contributed by atoms with Gasteiger partial charge in [-0.15, -0.1) is 6.58 Å². The van der Waals surface area contributed by atoms with Crippen LogP contribution in [-0.4, -0.2) is 32.8 Å². The molecule has 20 heavy (non-hydrogen) atoms. The number of anilines is 1. The summed E-state index contributed by atoms with van der Waals surface area (Å²) in [5.41, 5.74) is 1.30. The third-order valence-corrected chi connectivity index (χ3v) is 3.64. The van der Waals surface area contributed by atoms with Crippen molar-refractivity contribution in [2.75, 3.05) is 37.7 Å². The molecule has 0 atom stereocenters. The second-order valence-electron chi connectivity index (χ2n) is 5.22. The van der Waals surface area contributed by atoms with Gasteiger partial charge in [-0.3, -0.25) is 0 Å². The molecule has 0 radical (unpaired) electrons. The first-order valence-corrected chi connectivity index (χ1v) is 7.69. The Hall–Kier alpha value is -1.48. The number of ether oxygens (including phenoxy) is 1. The number of rotatable bonds is 8. The summed E-state index contributed by atoms with van der Waals surface area (Å²) in [5.74, 6) is 0.979. The van der Waals surface area contributed by atoms with Crippen LogP contribution in [0.2, 0.25) is 0 Å². The molecule has 0 unspecified atom stereocenters. The van der Waals surface area contributed by atoms with E-state index in [0.29, 0.717) is 0 Å². The minimum absolute atomic E-state index is 0.810. The molecular formula is C17H26N2O. The molecular weight excluding hydrogens is 248 g/mol.